The quantitative estimate of drug-likeness (QED) is 0.668. The Hall–Kier alpha value is -2.54. The number of benzene rings is 2. The summed E-state index contributed by atoms with van der Waals surface area (Å²) in [5, 5.41) is 0. The van der Waals surface area contributed by atoms with Gasteiger partial charge in [-0.1, -0.05) is 42.5 Å². The lowest BCUT2D eigenvalue weighted by Gasteiger charge is -2.31. The molecule has 0 N–H and O–H groups in total. The largest absolute Gasteiger partial charge is 0.445 e. The highest BCUT2D eigenvalue weighted by atomic mass is 19.4. The Morgan fingerprint density at radius 1 is 1.10 bits per heavy atom. The molecule has 1 aliphatic rings. The van der Waals surface area contributed by atoms with Crippen LogP contribution in [0.4, 0.5) is 18.0 Å². The zero-order valence-corrected chi connectivity index (χ0v) is 16.4. The lowest BCUT2D eigenvalue weighted by molar-refractivity contribution is -0.137. The van der Waals surface area contributed by atoms with Crippen molar-refractivity contribution in [1.82, 2.24) is 9.80 Å². The molecule has 0 unspecified atom stereocenters. The van der Waals surface area contributed by atoms with E-state index in [2.05, 4.69) is 4.90 Å². The van der Waals surface area contributed by atoms with E-state index in [0.717, 1.165) is 43.6 Å². The average molecular weight is 406 g/mol. The van der Waals surface area contributed by atoms with Crippen LogP contribution in [0.5, 0.6) is 0 Å². The van der Waals surface area contributed by atoms with E-state index in [-0.39, 0.29) is 6.61 Å². The molecule has 3 rings (SSSR count). The predicted molar refractivity (Wildman–Crippen MR) is 104 cm³/mol. The second-order valence-corrected chi connectivity index (χ2v) is 7.30. The first-order valence-corrected chi connectivity index (χ1v) is 9.67. The number of hydrogen-bond donors (Lipinski definition) is 0. The van der Waals surface area contributed by atoms with E-state index in [1.54, 1.807) is 13.1 Å². The minimum atomic E-state index is -4.43. The summed E-state index contributed by atoms with van der Waals surface area (Å²) in [4.78, 5) is 16.2. The maximum absolute atomic E-state index is 13.2. The first kappa shape index (κ1) is 21.2. The second-order valence-electron chi connectivity index (χ2n) is 7.30. The number of carbonyl (C=O) groups is 1. The molecular formula is C22H25F3N2O2. The SMILES string of the molecule is CN(C(=O)OCc1ccccc1)[C@H](CN1CCCC1)c1cccc(C(F)(F)F)c1. The topological polar surface area (TPSA) is 32.8 Å². The highest BCUT2D eigenvalue weighted by Crippen LogP contribution is 2.32. The van der Waals surface area contributed by atoms with Crippen molar-refractivity contribution in [1.29, 1.82) is 0 Å². The van der Waals surface area contributed by atoms with Crippen LogP contribution in [0.15, 0.2) is 54.6 Å². The molecule has 0 bridgehead atoms. The van der Waals surface area contributed by atoms with Gasteiger partial charge < -0.3 is 14.5 Å². The van der Waals surface area contributed by atoms with E-state index in [4.69, 9.17) is 4.74 Å². The fraction of sp³-hybridized carbons (Fsp3) is 0.409. The van der Waals surface area contributed by atoms with Crippen molar-refractivity contribution in [2.45, 2.75) is 31.7 Å². The van der Waals surface area contributed by atoms with Crippen molar-refractivity contribution in [2.24, 2.45) is 0 Å². The zero-order valence-electron chi connectivity index (χ0n) is 16.4. The van der Waals surface area contributed by atoms with Gasteiger partial charge in [0, 0.05) is 13.6 Å². The number of halogens is 3. The standard InChI is InChI=1S/C22H25F3N2O2/c1-26(21(28)29-16-17-8-3-2-4-9-17)20(15-27-12-5-6-13-27)18-10-7-11-19(14-18)22(23,24)25/h2-4,7-11,14,20H,5-6,12-13,15-16H2,1H3/t20-/m1/s1. The van der Waals surface area contributed by atoms with Crippen LogP contribution in [0, 0.1) is 0 Å². The number of alkyl halides is 3. The Bertz CT molecular complexity index is 805. The molecule has 1 saturated heterocycles. The molecule has 7 heteroatoms. The normalized spacial score (nSPS) is 15.9. The molecule has 0 saturated carbocycles. The molecule has 2 aromatic rings. The Morgan fingerprint density at radius 3 is 2.45 bits per heavy atom. The first-order chi connectivity index (χ1) is 13.8. The minimum absolute atomic E-state index is 0.114. The monoisotopic (exact) mass is 406 g/mol. The van der Waals surface area contributed by atoms with Gasteiger partial charge in [0.2, 0.25) is 0 Å². The summed E-state index contributed by atoms with van der Waals surface area (Å²) in [7, 11) is 1.58. The zero-order chi connectivity index (χ0) is 20.9. The third kappa shape index (κ3) is 5.73. The van der Waals surface area contributed by atoms with Crippen LogP contribution < -0.4 is 0 Å². The van der Waals surface area contributed by atoms with Crippen molar-refractivity contribution in [3.63, 3.8) is 0 Å². The maximum atomic E-state index is 13.2. The van der Waals surface area contributed by atoms with Gasteiger partial charge >= 0.3 is 12.3 Å². The van der Waals surface area contributed by atoms with E-state index in [0.29, 0.717) is 12.1 Å². The number of likely N-dealkylation sites (tertiary alicyclic amines) is 1. The molecule has 0 spiro atoms. The summed E-state index contributed by atoms with van der Waals surface area (Å²) in [5.74, 6) is 0. The molecule has 0 aromatic heterocycles. The van der Waals surface area contributed by atoms with Gasteiger partial charge in [0.1, 0.15) is 6.61 Å². The molecule has 0 aliphatic carbocycles. The Balaban J connectivity index is 1.78. The lowest BCUT2D eigenvalue weighted by Crippen LogP contribution is -2.38. The van der Waals surface area contributed by atoms with E-state index >= 15 is 0 Å². The van der Waals surface area contributed by atoms with Crippen molar-refractivity contribution in [3.05, 3.63) is 71.3 Å². The molecule has 1 atom stereocenters. The number of amides is 1. The molecule has 2 aromatic carbocycles. The molecule has 1 fully saturated rings. The maximum Gasteiger partial charge on any atom is 0.416 e. The smallest absolute Gasteiger partial charge is 0.416 e. The van der Waals surface area contributed by atoms with Crippen LogP contribution in [-0.4, -0.2) is 42.6 Å². The van der Waals surface area contributed by atoms with Crippen molar-refractivity contribution in [3.8, 4) is 0 Å². The lowest BCUT2D eigenvalue weighted by atomic mass is 10.0. The summed E-state index contributed by atoms with van der Waals surface area (Å²) < 4.78 is 45.0. The molecule has 1 amide bonds. The van der Waals surface area contributed by atoms with Crippen LogP contribution >= 0.6 is 0 Å². The van der Waals surface area contributed by atoms with Crippen LogP contribution in [0.25, 0.3) is 0 Å². The summed E-state index contributed by atoms with van der Waals surface area (Å²) in [5.41, 5.74) is 0.586. The fourth-order valence-electron chi connectivity index (χ4n) is 3.53. The molecular weight excluding hydrogens is 381 g/mol. The van der Waals surface area contributed by atoms with E-state index in [1.807, 2.05) is 30.3 Å². The fourth-order valence-corrected chi connectivity index (χ4v) is 3.53. The molecule has 29 heavy (non-hydrogen) atoms. The van der Waals surface area contributed by atoms with Gasteiger partial charge in [0.15, 0.2) is 0 Å². The van der Waals surface area contributed by atoms with E-state index in [9.17, 15) is 18.0 Å². The summed E-state index contributed by atoms with van der Waals surface area (Å²) >= 11 is 0. The molecule has 4 nitrogen and oxygen atoms in total. The van der Waals surface area contributed by atoms with Crippen molar-refractivity contribution in [2.75, 3.05) is 26.7 Å². The van der Waals surface area contributed by atoms with Crippen molar-refractivity contribution >= 4 is 6.09 Å². The van der Waals surface area contributed by atoms with Gasteiger partial charge in [-0.2, -0.15) is 13.2 Å². The van der Waals surface area contributed by atoms with Crippen LogP contribution in [0.2, 0.25) is 0 Å². The van der Waals surface area contributed by atoms with Gasteiger partial charge in [-0.25, -0.2) is 4.79 Å². The number of likely N-dealkylation sites (N-methyl/N-ethyl adjacent to an activating group) is 1. The Morgan fingerprint density at radius 2 is 1.79 bits per heavy atom. The molecule has 0 radical (unpaired) electrons. The number of rotatable bonds is 6. The average Bonchev–Trinajstić information content (AvgIpc) is 3.23. The number of nitrogens with zero attached hydrogens (tertiary/aromatic N) is 2. The third-order valence-electron chi connectivity index (χ3n) is 5.19. The number of carbonyl (C=O) groups excluding carboxylic acids is 1. The third-order valence-corrected chi connectivity index (χ3v) is 5.19. The molecule has 1 heterocycles. The van der Waals surface area contributed by atoms with Crippen LogP contribution in [-0.2, 0) is 17.5 Å². The summed E-state index contributed by atoms with van der Waals surface area (Å²) in [6.45, 7) is 2.34. The van der Waals surface area contributed by atoms with Gasteiger partial charge in [-0.15, -0.1) is 0 Å². The van der Waals surface area contributed by atoms with Gasteiger partial charge in [0.05, 0.1) is 11.6 Å². The summed E-state index contributed by atoms with van der Waals surface area (Å²) in [6, 6.07) is 13.9. The molecule has 1 aliphatic heterocycles. The van der Waals surface area contributed by atoms with Gasteiger partial charge in [-0.05, 0) is 49.2 Å². The Kier molecular flexibility index (Phi) is 6.79. The van der Waals surface area contributed by atoms with E-state index < -0.39 is 23.9 Å². The molecule has 156 valence electrons. The number of hydrogen-bond acceptors (Lipinski definition) is 3. The van der Waals surface area contributed by atoms with Crippen LogP contribution in [0.1, 0.15) is 35.6 Å². The Labute approximate surface area is 168 Å². The first-order valence-electron chi connectivity index (χ1n) is 9.67. The highest BCUT2D eigenvalue weighted by Gasteiger charge is 2.33. The van der Waals surface area contributed by atoms with Gasteiger partial charge in [-0.3, -0.25) is 0 Å². The van der Waals surface area contributed by atoms with Crippen molar-refractivity contribution < 1.29 is 22.7 Å². The summed E-state index contributed by atoms with van der Waals surface area (Å²) in [6.07, 6.45) is -2.88. The second kappa shape index (κ2) is 9.31. The van der Waals surface area contributed by atoms with Crippen LogP contribution in [0.3, 0.4) is 0 Å². The highest BCUT2D eigenvalue weighted by molar-refractivity contribution is 5.68. The van der Waals surface area contributed by atoms with E-state index in [1.165, 1.54) is 11.0 Å². The predicted octanol–water partition coefficient (Wildman–Crippen LogP) is 5.11. The minimum Gasteiger partial charge on any atom is -0.445 e. The van der Waals surface area contributed by atoms with Gasteiger partial charge in [0.25, 0.3) is 0 Å². The number of ether oxygens (including phenoxy) is 1.